The highest BCUT2D eigenvalue weighted by Crippen LogP contribution is 2.36. The largest absolute Gasteiger partial charge is 0.361 e. The summed E-state index contributed by atoms with van der Waals surface area (Å²) in [4.78, 5) is 15.3. The molecule has 1 heterocycles. The number of aromatic amines is 1. The number of aryl methyl sites for hydroxylation is 1. The van der Waals surface area contributed by atoms with Crippen LogP contribution in [0.3, 0.4) is 0 Å². The molecule has 22 heavy (non-hydrogen) atoms. The summed E-state index contributed by atoms with van der Waals surface area (Å²) in [5.74, 6) is 0.127. The van der Waals surface area contributed by atoms with Gasteiger partial charge >= 0.3 is 0 Å². The average molecular weight is 294 g/mol. The lowest BCUT2D eigenvalue weighted by molar-refractivity contribution is -0.119. The molecule has 3 heteroatoms. The van der Waals surface area contributed by atoms with Crippen molar-refractivity contribution in [3.05, 3.63) is 54.3 Å². The number of Topliss-reactive ketones (excluding diaryl/α,β-unsaturated/α-hetero) is 1. The first kappa shape index (κ1) is 14.8. The minimum atomic E-state index is -0.0781. The SMILES string of the molecule is C=CCNCC(/C=C1\CCc2c[nH]c3cccc1c23)C(C)=O. The molecule has 0 aliphatic heterocycles. The predicted octanol–water partition coefficient (Wildman–Crippen LogP) is 3.48. The van der Waals surface area contributed by atoms with Gasteiger partial charge in [0.1, 0.15) is 5.78 Å². The predicted molar refractivity (Wildman–Crippen MR) is 91.8 cm³/mol. The fourth-order valence-corrected chi connectivity index (χ4v) is 3.20. The zero-order valence-corrected chi connectivity index (χ0v) is 13.0. The summed E-state index contributed by atoms with van der Waals surface area (Å²) in [7, 11) is 0. The molecular weight excluding hydrogens is 272 g/mol. The molecule has 1 aromatic carbocycles. The standard InChI is InChI=1S/C19H22N2O/c1-3-9-20-11-16(13(2)22)10-14-7-8-15-12-21-18-6-4-5-17(14)19(15)18/h3-6,10,12,16,20-21H,1,7-9,11H2,2H3/b14-10+. The molecule has 3 rings (SSSR count). The van der Waals surface area contributed by atoms with Crippen LogP contribution in [0, 0.1) is 5.92 Å². The number of carbonyl (C=O) groups is 1. The Morgan fingerprint density at radius 3 is 3.09 bits per heavy atom. The fraction of sp³-hybridized carbons (Fsp3) is 0.316. The Hall–Kier alpha value is -2.13. The quantitative estimate of drug-likeness (QED) is 0.633. The topological polar surface area (TPSA) is 44.9 Å². The number of ketones is 1. The van der Waals surface area contributed by atoms with Crippen LogP contribution in [-0.4, -0.2) is 23.9 Å². The zero-order valence-electron chi connectivity index (χ0n) is 13.0. The van der Waals surface area contributed by atoms with Gasteiger partial charge in [-0.25, -0.2) is 0 Å². The summed E-state index contributed by atoms with van der Waals surface area (Å²) in [5.41, 5.74) is 5.13. The number of hydrogen-bond donors (Lipinski definition) is 2. The lowest BCUT2D eigenvalue weighted by Gasteiger charge is -2.19. The Labute approximate surface area is 131 Å². The molecule has 114 valence electrons. The van der Waals surface area contributed by atoms with Gasteiger partial charge in [-0.2, -0.15) is 0 Å². The smallest absolute Gasteiger partial charge is 0.137 e. The molecule has 0 amide bonds. The van der Waals surface area contributed by atoms with Crippen LogP contribution < -0.4 is 5.32 Å². The van der Waals surface area contributed by atoms with Gasteiger partial charge in [-0.1, -0.05) is 24.3 Å². The number of rotatable bonds is 6. The van der Waals surface area contributed by atoms with Crippen molar-refractivity contribution in [1.29, 1.82) is 0 Å². The van der Waals surface area contributed by atoms with Gasteiger partial charge in [-0.15, -0.1) is 6.58 Å². The normalized spacial score (nSPS) is 16.9. The Balaban J connectivity index is 1.94. The molecule has 0 radical (unpaired) electrons. The maximum absolute atomic E-state index is 11.9. The molecule has 0 fully saturated rings. The Morgan fingerprint density at radius 2 is 2.32 bits per heavy atom. The van der Waals surface area contributed by atoms with Crippen molar-refractivity contribution in [3.63, 3.8) is 0 Å². The summed E-state index contributed by atoms with van der Waals surface area (Å²) in [6.07, 6.45) is 8.11. The Kier molecular flexibility index (Phi) is 4.25. The van der Waals surface area contributed by atoms with Gasteiger partial charge in [0.05, 0.1) is 0 Å². The van der Waals surface area contributed by atoms with Gasteiger partial charge in [-0.05, 0) is 42.5 Å². The van der Waals surface area contributed by atoms with Crippen molar-refractivity contribution in [1.82, 2.24) is 10.3 Å². The van der Waals surface area contributed by atoms with Gasteiger partial charge in [0, 0.05) is 36.1 Å². The molecule has 0 saturated carbocycles. The molecule has 1 aliphatic rings. The number of allylic oxidation sites excluding steroid dienone is 1. The summed E-state index contributed by atoms with van der Waals surface area (Å²) >= 11 is 0. The molecule has 1 unspecified atom stereocenters. The van der Waals surface area contributed by atoms with Crippen LogP contribution in [0.25, 0.3) is 16.5 Å². The number of hydrogen-bond acceptors (Lipinski definition) is 2. The van der Waals surface area contributed by atoms with Crippen LogP contribution >= 0.6 is 0 Å². The molecule has 1 atom stereocenters. The van der Waals surface area contributed by atoms with Crippen LogP contribution in [0.1, 0.15) is 24.5 Å². The maximum Gasteiger partial charge on any atom is 0.137 e. The minimum Gasteiger partial charge on any atom is -0.361 e. The van der Waals surface area contributed by atoms with E-state index in [9.17, 15) is 4.79 Å². The average Bonchev–Trinajstić information content (AvgIpc) is 2.93. The number of benzene rings is 1. The van der Waals surface area contributed by atoms with Crippen LogP contribution in [0.4, 0.5) is 0 Å². The number of aromatic nitrogens is 1. The van der Waals surface area contributed by atoms with Crippen LogP contribution in [-0.2, 0) is 11.2 Å². The van der Waals surface area contributed by atoms with Crippen LogP contribution in [0.5, 0.6) is 0 Å². The zero-order chi connectivity index (χ0) is 15.5. The number of carbonyl (C=O) groups excluding carboxylic acids is 1. The van der Waals surface area contributed by atoms with Gasteiger partial charge in [-0.3, -0.25) is 4.79 Å². The molecular formula is C19H22N2O. The van der Waals surface area contributed by atoms with E-state index < -0.39 is 0 Å². The molecule has 0 saturated heterocycles. The first-order chi connectivity index (χ1) is 10.7. The first-order valence-electron chi connectivity index (χ1n) is 7.83. The van der Waals surface area contributed by atoms with Crippen LogP contribution in [0.15, 0.2) is 43.1 Å². The molecule has 1 aliphatic carbocycles. The lowest BCUT2D eigenvalue weighted by atomic mass is 9.86. The van der Waals surface area contributed by atoms with Crippen molar-refractivity contribution in [2.75, 3.05) is 13.1 Å². The van der Waals surface area contributed by atoms with Crippen molar-refractivity contribution >= 4 is 22.3 Å². The van der Waals surface area contributed by atoms with Crippen molar-refractivity contribution in [2.24, 2.45) is 5.92 Å². The van der Waals surface area contributed by atoms with Crippen molar-refractivity contribution < 1.29 is 4.79 Å². The highest BCUT2D eigenvalue weighted by Gasteiger charge is 2.20. The highest BCUT2D eigenvalue weighted by atomic mass is 16.1. The van der Waals surface area contributed by atoms with Gasteiger partial charge in [0.2, 0.25) is 0 Å². The molecule has 0 spiro atoms. The molecule has 3 nitrogen and oxygen atoms in total. The monoisotopic (exact) mass is 294 g/mol. The molecule has 2 aromatic rings. The van der Waals surface area contributed by atoms with Gasteiger partial charge in [0.25, 0.3) is 0 Å². The van der Waals surface area contributed by atoms with E-state index in [-0.39, 0.29) is 11.7 Å². The van der Waals surface area contributed by atoms with E-state index >= 15 is 0 Å². The molecule has 0 bridgehead atoms. The Bertz CT molecular complexity index is 739. The second-order valence-corrected chi connectivity index (χ2v) is 5.90. The van der Waals surface area contributed by atoms with E-state index in [0.717, 1.165) is 19.4 Å². The molecule has 2 N–H and O–H groups in total. The van der Waals surface area contributed by atoms with Crippen LogP contribution in [0.2, 0.25) is 0 Å². The summed E-state index contributed by atoms with van der Waals surface area (Å²) in [6.45, 7) is 6.76. The Morgan fingerprint density at radius 1 is 1.45 bits per heavy atom. The van der Waals surface area contributed by atoms with E-state index in [0.29, 0.717) is 6.54 Å². The van der Waals surface area contributed by atoms with E-state index in [1.165, 1.54) is 27.6 Å². The van der Waals surface area contributed by atoms with E-state index in [1.54, 1.807) is 6.92 Å². The van der Waals surface area contributed by atoms with Crippen molar-refractivity contribution in [2.45, 2.75) is 19.8 Å². The third kappa shape index (κ3) is 2.77. The summed E-state index contributed by atoms with van der Waals surface area (Å²) < 4.78 is 0. The fourth-order valence-electron chi connectivity index (χ4n) is 3.20. The first-order valence-corrected chi connectivity index (χ1v) is 7.83. The second-order valence-electron chi connectivity index (χ2n) is 5.90. The van der Waals surface area contributed by atoms with E-state index in [4.69, 9.17) is 0 Å². The summed E-state index contributed by atoms with van der Waals surface area (Å²) in [6, 6.07) is 6.36. The van der Waals surface area contributed by atoms with E-state index in [1.807, 2.05) is 6.08 Å². The van der Waals surface area contributed by atoms with E-state index in [2.05, 4.69) is 47.4 Å². The third-order valence-corrected chi connectivity index (χ3v) is 4.37. The molecule has 1 aromatic heterocycles. The lowest BCUT2D eigenvalue weighted by Crippen LogP contribution is -2.26. The van der Waals surface area contributed by atoms with Gasteiger partial charge in [0.15, 0.2) is 0 Å². The number of nitrogens with one attached hydrogen (secondary N) is 2. The van der Waals surface area contributed by atoms with Gasteiger partial charge < -0.3 is 10.3 Å². The number of H-pyrrole nitrogens is 1. The highest BCUT2D eigenvalue weighted by molar-refractivity contribution is 5.97. The van der Waals surface area contributed by atoms with Crippen molar-refractivity contribution in [3.8, 4) is 0 Å². The third-order valence-electron chi connectivity index (χ3n) is 4.37. The second kappa shape index (κ2) is 6.32. The summed E-state index contributed by atoms with van der Waals surface area (Å²) in [5, 5.41) is 4.58. The minimum absolute atomic E-state index is 0.0781. The maximum atomic E-state index is 11.9.